The number of unbranched alkanes of at least 4 members (excludes halogenated alkanes) is 8. The van der Waals surface area contributed by atoms with Crippen molar-refractivity contribution in [1.82, 2.24) is 0 Å². The molecule has 0 spiro atoms. The quantitative estimate of drug-likeness (QED) is 0.351. The zero-order valence-corrected chi connectivity index (χ0v) is 16.4. The van der Waals surface area contributed by atoms with Crippen LogP contribution in [0.1, 0.15) is 103 Å². The van der Waals surface area contributed by atoms with Crippen LogP contribution in [0.15, 0.2) is 18.2 Å². The summed E-state index contributed by atoms with van der Waals surface area (Å²) in [6.45, 7) is 6.86. The van der Waals surface area contributed by atoms with E-state index in [-0.39, 0.29) is 0 Å². The van der Waals surface area contributed by atoms with Gasteiger partial charge in [-0.2, -0.15) is 0 Å². The molecule has 0 aliphatic carbocycles. The lowest BCUT2D eigenvalue weighted by atomic mass is 9.95. The van der Waals surface area contributed by atoms with Crippen LogP contribution < -0.4 is 0 Å². The molecule has 1 nitrogen and oxygen atoms in total. The summed E-state index contributed by atoms with van der Waals surface area (Å²) < 4.78 is 0. The molecule has 24 heavy (non-hydrogen) atoms. The van der Waals surface area contributed by atoms with Gasteiger partial charge in [0.15, 0.2) is 0 Å². The fourth-order valence-electron chi connectivity index (χ4n) is 3.45. The van der Waals surface area contributed by atoms with E-state index in [0.29, 0.717) is 5.75 Å². The minimum atomic E-state index is 0.513. The van der Waals surface area contributed by atoms with Crippen LogP contribution in [-0.2, 0) is 12.8 Å². The van der Waals surface area contributed by atoms with E-state index >= 15 is 0 Å². The summed E-state index contributed by atoms with van der Waals surface area (Å²) >= 11 is 0. The van der Waals surface area contributed by atoms with Crippen molar-refractivity contribution in [2.24, 2.45) is 5.92 Å². The highest BCUT2D eigenvalue weighted by Crippen LogP contribution is 2.25. The minimum Gasteiger partial charge on any atom is -0.508 e. The third kappa shape index (κ3) is 9.35. The molecule has 0 fully saturated rings. The number of rotatable bonds is 14. The van der Waals surface area contributed by atoms with Crippen molar-refractivity contribution >= 4 is 0 Å². The highest BCUT2D eigenvalue weighted by molar-refractivity contribution is 5.39. The van der Waals surface area contributed by atoms with Gasteiger partial charge in [0.25, 0.3) is 0 Å². The zero-order valence-electron chi connectivity index (χ0n) is 16.4. The Labute approximate surface area is 150 Å². The number of benzene rings is 1. The van der Waals surface area contributed by atoms with E-state index in [2.05, 4.69) is 26.8 Å². The molecule has 0 saturated heterocycles. The van der Waals surface area contributed by atoms with Gasteiger partial charge in [-0.3, -0.25) is 0 Å². The van der Waals surface area contributed by atoms with Gasteiger partial charge in [-0.25, -0.2) is 0 Å². The topological polar surface area (TPSA) is 20.2 Å². The van der Waals surface area contributed by atoms with Crippen molar-refractivity contribution in [1.29, 1.82) is 0 Å². The van der Waals surface area contributed by atoms with E-state index in [4.69, 9.17) is 0 Å². The molecular weight excluding hydrogens is 292 g/mol. The third-order valence-corrected chi connectivity index (χ3v) is 5.01. The van der Waals surface area contributed by atoms with Crippen LogP contribution in [0.4, 0.5) is 0 Å². The SMILES string of the molecule is CCCCCCCCCc1cccc(O)c1CCCCCC(C)C. The second-order valence-corrected chi connectivity index (χ2v) is 7.78. The fraction of sp³-hybridized carbons (Fsp3) is 0.739. The smallest absolute Gasteiger partial charge is 0.119 e. The summed E-state index contributed by atoms with van der Waals surface area (Å²) in [4.78, 5) is 0. The fourth-order valence-corrected chi connectivity index (χ4v) is 3.45. The Morgan fingerprint density at radius 2 is 1.42 bits per heavy atom. The van der Waals surface area contributed by atoms with Crippen LogP contribution in [-0.4, -0.2) is 5.11 Å². The molecule has 0 bridgehead atoms. The maximum atomic E-state index is 10.2. The average molecular weight is 333 g/mol. The van der Waals surface area contributed by atoms with Gasteiger partial charge in [-0.05, 0) is 48.8 Å². The van der Waals surface area contributed by atoms with Crippen LogP contribution in [0.3, 0.4) is 0 Å². The van der Waals surface area contributed by atoms with E-state index in [1.54, 1.807) is 0 Å². The molecule has 0 amide bonds. The van der Waals surface area contributed by atoms with Crippen molar-refractivity contribution in [3.05, 3.63) is 29.3 Å². The molecule has 0 aliphatic rings. The van der Waals surface area contributed by atoms with Crippen molar-refractivity contribution in [2.75, 3.05) is 0 Å². The molecule has 1 N–H and O–H groups in total. The van der Waals surface area contributed by atoms with Gasteiger partial charge >= 0.3 is 0 Å². The summed E-state index contributed by atoms with van der Waals surface area (Å²) in [6, 6.07) is 6.09. The molecule has 1 heteroatoms. The van der Waals surface area contributed by atoms with E-state index < -0.39 is 0 Å². The molecule has 1 aromatic carbocycles. The first-order valence-electron chi connectivity index (χ1n) is 10.4. The molecule has 0 saturated carbocycles. The molecule has 0 aliphatic heterocycles. The van der Waals surface area contributed by atoms with Gasteiger partial charge in [0, 0.05) is 0 Å². The first-order chi connectivity index (χ1) is 11.6. The summed E-state index contributed by atoms with van der Waals surface area (Å²) in [7, 11) is 0. The monoisotopic (exact) mass is 332 g/mol. The van der Waals surface area contributed by atoms with Crippen LogP contribution in [0.2, 0.25) is 0 Å². The number of phenols is 1. The Morgan fingerprint density at radius 1 is 0.792 bits per heavy atom. The Balaban J connectivity index is 2.32. The van der Waals surface area contributed by atoms with Crippen molar-refractivity contribution in [2.45, 2.75) is 104 Å². The Hall–Kier alpha value is -0.980. The lowest BCUT2D eigenvalue weighted by molar-refractivity contribution is 0.463. The van der Waals surface area contributed by atoms with Gasteiger partial charge in [0.2, 0.25) is 0 Å². The van der Waals surface area contributed by atoms with Crippen LogP contribution in [0.5, 0.6) is 5.75 Å². The molecule has 1 aromatic rings. The number of phenolic OH excluding ortho intramolecular Hbond substituents is 1. The van der Waals surface area contributed by atoms with Gasteiger partial charge in [-0.15, -0.1) is 0 Å². The van der Waals surface area contributed by atoms with E-state index in [1.165, 1.54) is 81.8 Å². The predicted molar refractivity (Wildman–Crippen MR) is 107 cm³/mol. The Bertz CT molecular complexity index is 422. The van der Waals surface area contributed by atoms with Crippen LogP contribution >= 0.6 is 0 Å². The number of aryl methyl sites for hydroxylation is 1. The van der Waals surface area contributed by atoms with E-state index in [9.17, 15) is 5.11 Å². The van der Waals surface area contributed by atoms with Crippen LogP contribution in [0.25, 0.3) is 0 Å². The van der Waals surface area contributed by atoms with Crippen LogP contribution in [0, 0.1) is 5.92 Å². The van der Waals surface area contributed by atoms with Crippen molar-refractivity contribution in [3.63, 3.8) is 0 Å². The minimum absolute atomic E-state index is 0.513. The maximum absolute atomic E-state index is 10.2. The van der Waals surface area contributed by atoms with Gasteiger partial charge in [0.1, 0.15) is 5.75 Å². The molecule has 0 aromatic heterocycles. The standard InChI is InChI=1S/C23H40O/c1-4-5-6-7-8-9-12-16-21-17-14-19-23(24)22(21)18-13-10-11-15-20(2)3/h14,17,19-20,24H,4-13,15-16,18H2,1-3H3. The normalized spacial score (nSPS) is 11.3. The highest BCUT2D eigenvalue weighted by atomic mass is 16.3. The van der Waals surface area contributed by atoms with Crippen molar-refractivity contribution in [3.8, 4) is 5.75 Å². The van der Waals surface area contributed by atoms with Gasteiger partial charge in [0.05, 0.1) is 0 Å². The first-order valence-corrected chi connectivity index (χ1v) is 10.4. The largest absolute Gasteiger partial charge is 0.508 e. The third-order valence-electron chi connectivity index (χ3n) is 5.01. The number of hydrogen-bond acceptors (Lipinski definition) is 1. The lowest BCUT2D eigenvalue weighted by Gasteiger charge is -2.12. The molecule has 0 atom stereocenters. The Kier molecular flexibility index (Phi) is 11.7. The number of aromatic hydroxyl groups is 1. The first kappa shape index (κ1) is 21.1. The average Bonchev–Trinajstić information content (AvgIpc) is 2.55. The van der Waals surface area contributed by atoms with Gasteiger partial charge in [-0.1, -0.05) is 90.7 Å². The number of hydrogen-bond donors (Lipinski definition) is 1. The summed E-state index contributed by atoms with van der Waals surface area (Å²) in [6.07, 6.45) is 16.7. The molecular formula is C23H40O. The summed E-state index contributed by atoms with van der Waals surface area (Å²) in [5.41, 5.74) is 2.60. The lowest BCUT2D eigenvalue weighted by Crippen LogP contribution is -1.97. The second kappa shape index (κ2) is 13.3. The summed E-state index contributed by atoms with van der Waals surface area (Å²) in [5.74, 6) is 1.32. The van der Waals surface area contributed by atoms with E-state index in [1.807, 2.05) is 12.1 Å². The Morgan fingerprint density at radius 3 is 2.12 bits per heavy atom. The molecule has 0 heterocycles. The predicted octanol–water partition coefficient (Wildman–Crippen LogP) is 7.44. The summed E-state index contributed by atoms with van der Waals surface area (Å²) in [5, 5.41) is 10.2. The molecule has 0 radical (unpaired) electrons. The molecule has 1 rings (SSSR count). The molecule has 0 unspecified atom stereocenters. The molecule has 138 valence electrons. The highest BCUT2D eigenvalue weighted by Gasteiger charge is 2.07. The van der Waals surface area contributed by atoms with Crippen molar-refractivity contribution < 1.29 is 5.11 Å². The second-order valence-electron chi connectivity index (χ2n) is 7.78. The van der Waals surface area contributed by atoms with E-state index in [0.717, 1.165) is 18.8 Å². The van der Waals surface area contributed by atoms with Gasteiger partial charge < -0.3 is 5.11 Å². The zero-order chi connectivity index (χ0) is 17.6. The maximum Gasteiger partial charge on any atom is 0.119 e.